The number of amides is 1. The zero-order chi connectivity index (χ0) is 19.9. The molecule has 2 fully saturated rings. The number of morpholine rings is 1. The van der Waals surface area contributed by atoms with E-state index in [1.54, 1.807) is 0 Å². The van der Waals surface area contributed by atoms with Gasteiger partial charge in [-0.3, -0.25) is 0 Å². The average Bonchev–Trinajstić information content (AvgIpc) is 3.41. The van der Waals surface area contributed by atoms with Crippen LogP contribution in [0, 0.1) is 5.92 Å². The summed E-state index contributed by atoms with van der Waals surface area (Å²) in [5.74, 6) is 1.61. The number of nitrogens with zero attached hydrogens (tertiary/aromatic N) is 1. The fourth-order valence-corrected chi connectivity index (χ4v) is 5.63. The second-order valence-electron chi connectivity index (χ2n) is 9.10. The first-order chi connectivity index (χ1) is 13.3. The summed E-state index contributed by atoms with van der Waals surface area (Å²) in [5.41, 5.74) is 2.33. The molecule has 1 saturated carbocycles. The van der Waals surface area contributed by atoms with E-state index >= 15 is 0 Å². The standard InChI is InChI=1S/C21H30N2O4Si/c1-28(2,3)20-18(10-15-13-26-9-8-23(15)21(24)25)17-11-16(6-7-19(17)22-20)27-12-14-4-5-14/h6-7,11,14-15,22H,4-5,8-10,12-13H2,1-3H3,(H,24,25)/t15-/m0/s1. The van der Waals surface area contributed by atoms with Crippen molar-refractivity contribution in [2.45, 2.75) is 44.9 Å². The Bertz CT molecular complexity index is 869. The van der Waals surface area contributed by atoms with Gasteiger partial charge in [0.15, 0.2) is 0 Å². The number of hydrogen-bond acceptors (Lipinski definition) is 3. The van der Waals surface area contributed by atoms with E-state index in [4.69, 9.17) is 9.47 Å². The number of carbonyl (C=O) groups is 1. The van der Waals surface area contributed by atoms with E-state index in [9.17, 15) is 9.90 Å². The Hall–Kier alpha value is -1.99. The van der Waals surface area contributed by atoms with Crippen LogP contribution in [0.5, 0.6) is 5.75 Å². The van der Waals surface area contributed by atoms with Gasteiger partial charge in [0.1, 0.15) is 5.75 Å². The monoisotopic (exact) mass is 402 g/mol. The van der Waals surface area contributed by atoms with Gasteiger partial charge >= 0.3 is 6.09 Å². The predicted octanol–water partition coefficient (Wildman–Crippen LogP) is 3.42. The highest BCUT2D eigenvalue weighted by atomic mass is 28.3. The first-order valence-electron chi connectivity index (χ1n) is 10.2. The van der Waals surface area contributed by atoms with Crippen LogP contribution < -0.4 is 10.1 Å². The zero-order valence-corrected chi connectivity index (χ0v) is 18.0. The molecule has 28 heavy (non-hydrogen) atoms. The Morgan fingerprint density at radius 2 is 2.14 bits per heavy atom. The zero-order valence-electron chi connectivity index (χ0n) is 17.0. The molecule has 2 aromatic rings. The Morgan fingerprint density at radius 3 is 2.82 bits per heavy atom. The Balaban J connectivity index is 1.70. The van der Waals surface area contributed by atoms with Crippen LogP contribution in [0.4, 0.5) is 4.79 Å². The summed E-state index contributed by atoms with van der Waals surface area (Å²) in [5, 5.41) is 12.0. The number of fused-ring (bicyclic) bond motifs is 1. The summed E-state index contributed by atoms with van der Waals surface area (Å²) in [7, 11) is -1.64. The Kier molecular flexibility index (Phi) is 5.14. The molecule has 7 heteroatoms. The molecule has 1 aromatic heterocycles. The van der Waals surface area contributed by atoms with Gasteiger partial charge in [-0.25, -0.2) is 4.79 Å². The quantitative estimate of drug-likeness (QED) is 0.726. The molecular formula is C21H30N2O4Si. The lowest BCUT2D eigenvalue weighted by Crippen LogP contribution is -2.50. The van der Waals surface area contributed by atoms with Gasteiger partial charge in [-0.05, 0) is 48.9 Å². The van der Waals surface area contributed by atoms with Crippen LogP contribution in [0.1, 0.15) is 18.4 Å². The smallest absolute Gasteiger partial charge is 0.407 e. The van der Waals surface area contributed by atoms with Crippen LogP contribution in [0.15, 0.2) is 18.2 Å². The van der Waals surface area contributed by atoms with Crippen molar-refractivity contribution in [1.29, 1.82) is 0 Å². The number of H-pyrrole nitrogens is 1. The summed E-state index contributed by atoms with van der Waals surface area (Å²) in [6.45, 7) is 9.09. The first kappa shape index (κ1) is 19.3. The van der Waals surface area contributed by atoms with E-state index in [2.05, 4.69) is 36.8 Å². The highest BCUT2D eigenvalue weighted by Gasteiger charge is 2.31. The largest absolute Gasteiger partial charge is 0.493 e. The van der Waals surface area contributed by atoms with Gasteiger partial charge in [-0.1, -0.05) is 19.6 Å². The molecule has 1 atom stereocenters. The molecule has 1 amide bonds. The fraction of sp³-hybridized carbons (Fsp3) is 0.571. The molecule has 1 aliphatic heterocycles. The molecule has 152 valence electrons. The summed E-state index contributed by atoms with van der Waals surface area (Å²) in [6, 6.07) is 6.10. The number of aromatic amines is 1. The van der Waals surface area contributed by atoms with Crippen molar-refractivity contribution in [3.8, 4) is 5.75 Å². The number of nitrogens with one attached hydrogen (secondary N) is 1. The number of ether oxygens (including phenoxy) is 2. The van der Waals surface area contributed by atoms with E-state index in [0.717, 1.165) is 23.3 Å². The second-order valence-corrected chi connectivity index (χ2v) is 14.1. The van der Waals surface area contributed by atoms with E-state index in [-0.39, 0.29) is 6.04 Å². The molecule has 2 N–H and O–H groups in total. The average molecular weight is 403 g/mol. The molecule has 1 aliphatic carbocycles. The minimum atomic E-state index is -1.64. The summed E-state index contributed by atoms with van der Waals surface area (Å²) < 4.78 is 11.6. The minimum Gasteiger partial charge on any atom is -0.493 e. The van der Waals surface area contributed by atoms with Crippen molar-refractivity contribution < 1.29 is 19.4 Å². The lowest BCUT2D eigenvalue weighted by atomic mass is 10.0. The van der Waals surface area contributed by atoms with Crippen LogP contribution in [0.3, 0.4) is 0 Å². The van der Waals surface area contributed by atoms with Crippen LogP contribution in [-0.4, -0.2) is 61.6 Å². The van der Waals surface area contributed by atoms with Crippen molar-refractivity contribution in [2.75, 3.05) is 26.4 Å². The number of carboxylic acid groups (broad SMARTS) is 1. The highest BCUT2D eigenvalue weighted by molar-refractivity contribution is 6.88. The first-order valence-corrected chi connectivity index (χ1v) is 13.7. The maximum absolute atomic E-state index is 11.7. The normalized spacial score (nSPS) is 20.5. The molecule has 2 heterocycles. The molecule has 0 unspecified atom stereocenters. The molecule has 2 aliphatic rings. The number of hydrogen-bond donors (Lipinski definition) is 2. The van der Waals surface area contributed by atoms with Gasteiger partial charge in [-0.15, -0.1) is 0 Å². The highest BCUT2D eigenvalue weighted by Crippen LogP contribution is 2.31. The van der Waals surface area contributed by atoms with Crippen LogP contribution >= 0.6 is 0 Å². The summed E-state index contributed by atoms with van der Waals surface area (Å²) in [4.78, 5) is 16.9. The van der Waals surface area contributed by atoms with E-state index in [1.165, 1.54) is 28.6 Å². The molecule has 0 bridgehead atoms. The van der Waals surface area contributed by atoms with Gasteiger partial charge in [0.05, 0.1) is 33.9 Å². The molecule has 0 spiro atoms. The third-order valence-corrected chi connectivity index (χ3v) is 7.65. The summed E-state index contributed by atoms with van der Waals surface area (Å²) in [6.07, 6.45) is 2.34. The van der Waals surface area contributed by atoms with Gasteiger partial charge in [0.2, 0.25) is 0 Å². The Morgan fingerprint density at radius 1 is 1.36 bits per heavy atom. The van der Waals surface area contributed by atoms with Gasteiger partial charge in [0.25, 0.3) is 0 Å². The number of benzene rings is 1. The van der Waals surface area contributed by atoms with Crippen LogP contribution in [0.2, 0.25) is 19.6 Å². The van der Waals surface area contributed by atoms with Gasteiger partial charge < -0.3 is 24.5 Å². The van der Waals surface area contributed by atoms with Crippen molar-refractivity contribution in [3.63, 3.8) is 0 Å². The van der Waals surface area contributed by atoms with Crippen molar-refractivity contribution in [2.24, 2.45) is 5.92 Å². The SMILES string of the molecule is C[Si](C)(C)c1[nH]c2ccc(OCC3CC3)cc2c1C[C@H]1COCCN1C(=O)O. The lowest BCUT2D eigenvalue weighted by molar-refractivity contribution is 0.000442. The predicted molar refractivity (Wildman–Crippen MR) is 113 cm³/mol. The maximum atomic E-state index is 11.7. The molecule has 1 aromatic carbocycles. The number of rotatable bonds is 6. The molecule has 4 rings (SSSR count). The minimum absolute atomic E-state index is 0.156. The summed E-state index contributed by atoms with van der Waals surface area (Å²) >= 11 is 0. The van der Waals surface area contributed by atoms with Crippen molar-refractivity contribution in [3.05, 3.63) is 23.8 Å². The Labute approximate surface area is 166 Å². The van der Waals surface area contributed by atoms with E-state index in [0.29, 0.717) is 32.1 Å². The molecular weight excluding hydrogens is 372 g/mol. The van der Waals surface area contributed by atoms with E-state index in [1.807, 2.05) is 6.07 Å². The van der Waals surface area contributed by atoms with Crippen molar-refractivity contribution in [1.82, 2.24) is 9.88 Å². The van der Waals surface area contributed by atoms with Crippen molar-refractivity contribution >= 4 is 30.4 Å². The molecule has 0 radical (unpaired) electrons. The number of aromatic nitrogens is 1. The van der Waals surface area contributed by atoms with Crippen LogP contribution in [0.25, 0.3) is 10.9 Å². The third-order valence-electron chi connectivity index (χ3n) is 5.72. The molecule has 1 saturated heterocycles. The fourth-order valence-electron chi connectivity index (χ4n) is 3.98. The maximum Gasteiger partial charge on any atom is 0.407 e. The topological polar surface area (TPSA) is 74.8 Å². The van der Waals surface area contributed by atoms with Gasteiger partial charge in [-0.2, -0.15) is 0 Å². The third kappa shape index (κ3) is 4.05. The van der Waals surface area contributed by atoms with Crippen LogP contribution in [-0.2, 0) is 11.2 Å². The second kappa shape index (κ2) is 7.44. The lowest BCUT2D eigenvalue weighted by Gasteiger charge is -2.34. The van der Waals surface area contributed by atoms with Gasteiger partial charge in [0, 0.05) is 22.8 Å². The van der Waals surface area contributed by atoms with E-state index < -0.39 is 14.2 Å². The molecule has 6 nitrogen and oxygen atoms in total.